The number of hydrogen-bond donors (Lipinski definition) is 1. The van der Waals surface area contributed by atoms with Crippen LogP contribution in [0.2, 0.25) is 5.02 Å². The Hall–Kier alpha value is -2.33. The fourth-order valence-corrected chi connectivity index (χ4v) is 2.89. The summed E-state index contributed by atoms with van der Waals surface area (Å²) in [6, 6.07) is 12.0. The predicted molar refractivity (Wildman–Crippen MR) is 97.0 cm³/mol. The van der Waals surface area contributed by atoms with E-state index in [4.69, 9.17) is 11.6 Å². The van der Waals surface area contributed by atoms with Crippen LogP contribution in [0.4, 0.5) is 15.8 Å². The van der Waals surface area contributed by atoms with Gasteiger partial charge < -0.3 is 10.2 Å². The standard InChI is InChI=1S/C19H18ClFN2O/c20-15-9-6-14(7-10-15)8-11-18(24)22-19-16(21)4-3-5-17(19)23-12-1-2-13-23/h3-11H,1-2,12-13H2,(H,22,24)/b11-8+. The Labute approximate surface area is 145 Å². The molecule has 0 unspecified atom stereocenters. The van der Waals surface area contributed by atoms with Crippen molar-refractivity contribution in [3.8, 4) is 0 Å². The molecule has 5 heteroatoms. The van der Waals surface area contributed by atoms with Crippen molar-refractivity contribution in [2.24, 2.45) is 0 Å². The summed E-state index contributed by atoms with van der Waals surface area (Å²) in [5.74, 6) is -0.789. The first-order chi connectivity index (χ1) is 11.6. The molecule has 1 aliphatic rings. The van der Waals surface area contributed by atoms with E-state index in [9.17, 15) is 9.18 Å². The molecule has 0 aliphatic carbocycles. The molecular formula is C19H18ClFN2O. The molecule has 0 atom stereocenters. The molecule has 0 aromatic heterocycles. The summed E-state index contributed by atoms with van der Waals surface area (Å²) < 4.78 is 14.2. The molecule has 1 N–H and O–H groups in total. The molecule has 1 aliphatic heterocycles. The molecule has 0 spiro atoms. The Morgan fingerprint density at radius 1 is 1.12 bits per heavy atom. The molecule has 3 rings (SSSR count). The van der Waals surface area contributed by atoms with Gasteiger partial charge in [0.1, 0.15) is 11.5 Å². The van der Waals surface area contributed by atoms with Gasteiger partial charge in [0.05, 0.1) is 5.69 Å². The number of rotatable bonds is 4. The van der Waals surface area contributed by atoms with Crippen LogP contribution in [-0.4, -0.2) is 19.0 Å². The molecule has 0 saturated carbocycles. The summed E-state index contributed by atoms with van der Waals surface area (Å²) in [4.78, 5) is 14.3. The number of carbonyl (C=O) groups excluding carboxylic acids is 1. The molecule has 3 nitrogen and oxygen atoms in total. The number of amides is 1. The second-order valence-electron chi connectivity index (χ2n) is 5.70. The van der Waals surface area contributed by atoms with Gasteiger partial charge in [-0.3, -0.25) is 4.79 Å². The van der Waals surface area contributed by atoms with Crippen molar-refractivity contribution in [3.05, 3.63) is 64.9 Å². The summed E-state index contributed by atoms with van der Waals surface area (Å²) in [7, 11) is 0. The number of nitrogens with one attached hydrogen (secondary N) is 1. The maximum atomic E-state index is 14.2. The van der Waals surface area contributed by atoms with Gasteiger partial charge in [-0.05, 0) is 48.7 Å². The summed E-state index contributed by atoms with van der Waals surface area (Å²) in [5.41, 5.74) is 1.83. The molecule has 1 saturated heterocycles. The zero-order valence-electron chi connectivity index (χ0n) is 13.1. The van der Waals surface area contributed by atoms with Crippen LogP contribution in [0.15, 0.2) is 48.5 Å². The van der Waals surface area contributed by atoms with Crippen molar-refractivity contribution >= 4 is 35.0 Å². The summed E-state index contributed by atoms with van der Waals surface area (Å²) >= 11 is 5.83. The zero-order chi connectivity index (χ0) is 16.9. The van der Waals surface area contributed by atoms with Crippen molar-refractivity contribution < 1.29 is 9.18 Å². The highest BCUT2D eigenvalue weighted by molar-refractivity contribution is 6.30. The van der Waals surface area contributed by atoms with E-state index < -0.39 is 5.82 Å². The smallest absolute Gasteiger partial charge is 0.248 e. The third-order valence-corrected chi connectivity index (χ3v) is 4.24. The van der Waals surface area contributed by atoms with Crippen molar-refractivity contribution in [1.29, 1.82) is 0 Å². The predicted octanol–water partition coefficient (Wildman–Crippen LogP) is 4.73. The van der Waals surface area contributed by atoms with E-state index in [0.29, 0.717) is 5.02 Å². The minimum atomic E-state index is -0.423. The number of carbonyl (C=O) groups is 1. The molecule has 0 radical (unpaired) electrons. The number of halogens is 2. The lowest BCUT2D eigenvalue weighted by Crippen LogP contribution is -2.21. The lowest BCUT2D eigenvalue weighted by Gasteiger charge is -2.21. The molecule has 2 aromatic rings. The quantitative estimate of drug-likeness (QED) is 0.813. The summed E-state index contributed by atoms with van der Waals surface area (Å²) in [5, 5.41) is 3.31. The van der Waals surface area contributed by atoms with Crippen molar-refractivity contribution in [1.82, 2.24) is 0 Å². The minimum absolute atomic E-state index is 0.241. The normalized spacial score (nSPS) is 14.3. The van der Waals surface area contributed by atoms with E-state index in [1.807, 2.05) is 18.2 Å². The molecule has 1 fully saturated rings. The van der Waals surface area contributed by atoms with Crippen LogP contribution in [0.25, 0.3) is 6.08 Å². The number of benzene rings is 2. The third kappa shape index (κ3) is 3.95. The van der Waals surface area contributed by atoms with Gasteiger partial charge in [0.15, 0.2) is 0 Å². The Morgan fingerprint density at radius 3 is 2.54 bits per heavy atom. The Bertz CT molecular complexity index is 752. The molecular weight excluding hydrogens is 327 g/mol. The fraction of sp³-hybridized carbons (Fsp3) is 0.211. The average molecular weight is 345 g/mol. The minimum Gasteiger partial charge on any atom is -0.370 e. The highest BCUT2D eigenvalue weighted by Crippen LogP contribution is 2.31. The number of nitrogens with zero attached hydrogens (tertiary/aromatic N) is 1. The van der Waals surface area contributed by atoms with Crippen molar-refractivity contribution in [2.75, 3.05) is 23.3 Å². The van der Waals surface area contributed by atoms with Crippen LogP contribution in [0.5, 0.6) is 0 Å². The maximum absolute atomic E-state index is 14.2. The SMILES string of the molecule is O=C(/C=C/c1ccc(Cl)cc1)Nc1c(F)cccc1N1CCCC1. The van der Waals surface area contributed by atoms with Crippen LogP contribution in [0, 0.1) is 5.82 Å². The second kappa shape index (κ2) is 7.49. The van der Waals surface area contributed by atoms with E-state index in [2.05, 4.69) is 10.2 Å². The lowest BCUT2D eigenvalue weighted by atomic mass is 10.2. The largest absolute Gasteiger partial charge is 0.370 e. The molecule has 1 heterocycles. The van der Waals surface area contributed by atoms with Gasteiger partial charge in [-0.2, -0.15) is 0 Å². The average Bonchev–Trinajstić information content (AvgIpc) is 3.10. The van der Waals surface area contributed by atoms with Gasteiger partial charge in [0, 0.05) is 24.2 Å². The molecule has 24 heavy (non-hydrogen) atoms. The van der Waals surface area contributed by atoms with Gasteiger partial charge in [0.2, 0.25) is 5.91 Å². The summed E-state index contributed by atoms with van der Waals surface area (Å²) in [6.45, 7) is 1.76. The van der Waals surface area contributed by atoms with Crippen molar-refractivity contribution in [2.45, 2.75) is 12.8 Å². The molecule has 0 bridgehead atoms. The maximum Gasteiger partial charge on any atom is 0.248 e. The van der Waals surface area contributed by atoms with Crippen LogP contribution >= 0.6 is 11.6 Å². The van der Waals surface area contributed by atoms with E-state index in [1.54, 1.807) is 24.3 Å². The fourth-order valence-electron chi connectivity index (χ4n) is 2.77. The third-order valence-electron chi connectivity index (χ3n) is 3.98. The lowest BCUT2D eigenvalue weighted by molar-refractivity contribution is -0.111. The van der Waals surface area contributed by atoms with Crippen LogP contribution in [-0.2, 0) is 4.79 Å². The number of para-hydroxylation sites is 1. The first-order valence-electron chi connectivity index (χ1n) is 7.91. The van der Waals surface area contributed by atoms with Crippen LogP contribution < -0.4 is 10.2 Å². The highest BCUT2D eigenvalue weighted by atomic mass is 35.5. The molecule has 2 aromatic carbocycles. The van der Waals surface area contributed by atoms with Crippen molar-refractivity contribution in [3.63, 3.8) is 0 Å². The Balaban J connectivity index is 1.75. The van der Waals surface area contributed by atoms with E-state index in [1.165, 1.54) is 12.1 Å². The van der Waals surface area contributed by atoms with Crippen LogP contribution in [0.3, 0.4) is 0 Å². The summed E-state index contributed by atoms with van der Waals surface area (Å²) in [6.07, 6.45) is 5.23. The molecule has 124 valence electrons. The van der Waals surface area contributed by atoms with Gasteiger partial charge in [0.25, 0.3) is 0 Å². The second-order valence-corrected chi connectivity index (χ2v) is 6.14. The highest BCUT2D eigenvalue weighted by Gasteiger charge is 2.18. The zero-order valence-corrected chi connectivity index (χ0v) is 13.9. The Morgan fingerprint density at radius 2 is 1.83 bits per heavy atom. The first kappa shape index (κ1) is 16.5. The van der Waals surface area contributed by atoms with Gasteiger partial charge in [-0.15, -0.1) is 0 Å². The van der Waals surface area contributed by atoms with Gasteiger partial charge in [-0.25, -0.2) is 4.39 Å². The van der Waals surface area contributed by atoms with E-state index >= 15 is 0 Å². The van der Waals surface area contributed by atoms with E-state index in [0.717, 1.165) is 37.2 Å². The van der Waals surface area contributed by atoms with Gasteiger partial charge in [-0.1, -0.05) is 29.8 Å². The Kier molecular flexibility index (Phi) is 5.16. The number of anilines is 2. The van der Waals surface area contributed by atoms with Crippen LogP contribution in [0.1, 0.15) is 18.4 Å². The monoisotopic (exact) mass is 344 g/mol. The topological polar surface area (TPSA) is 32.3 Å². The first-order valence-corrected chi connectivity index (χ1v) is 8.29. The number of hydrogen-bond acceptors (Lipinski definition) is 2. The van der Waals surface area contributed by atoms with Gasteiger partial charge >= 0.3 is 0 Å². The van der Waals surface area contributed by atoms with E-state index in [-0.39, 0.29) is 11.6 Å². The molecule has 1 amide bonds.